The Morgan fingerprint density at radius 3 is 2.56 bits per heavy atom. The third-order valence-corrected chi connectivity index (χ3v) is 7.71. The molecule has 34 heavy (non-hydrogen) atoms. The molecule has 0 unspecified atom stereocenters. The van der Waals surface area contributed by atoms with E-state index in [1.807, 2.05) is 18.2 Å². The van der Waals surface area contributed by atoms with Gasteiger partial charge in [-0.3, -0.25) is 9.69 Å². The van der Waals surface area contributed by atoms with Crippen LogP contribution in [0.25, 0.3) is 0 Å². The van der Waals surface area contributed by atoms with Crippen LogP contribution in [0.2, 0.25) is 0 Å². The first kappa shape index (κ1) is 25.2. The molecule has 190 valence electrons. The average Bonchev–Trinajstić information content (AvgIpc) is 3.70. The number of hydrogen-bond donors (Lipinski definition) is 1. The standard InChI is InChI=1S/C26H39F2N3O3/c1-33-21-12-9-19(24(14-21)34-2)17-31(20-10-11-20)23(15-29-16-25(27)28)26(32)30-13-5-7-18-6-3-4-8-22(18)30/h9,12,14,18,20,22-23,25,29H,3-8,10-11,13,15-17H2,1-2H3/t18-,22+,23-/m1/s1. The van der Waals surface area contributed by atoms with E-state index >= 15 is 0 Å². The molecule has 1 amide bonds. The predicted octanol–water partition coefficient (Wildman–Crippen LogP) is 4.07. The summed E-state index contributed by atoms with van der Waals surface area (Å²) in [6.07, 6.45) is 6.47. The van der Waals surface area contributed by atoms with Crippen LogP contribution in [0.5, 0.6) is 11.5 Å². The molecule has 4 rings (SSSR count). The van der Waals surface area contributed by atoms with Crippen LogP contribution in [0.1, 0.15) is 56.9 Å². The molecule has 0 spiro atoms. The van der Waals surface area contributed by atoms with Crippen molar-refractivity contribution in [3.8, 4) is 11.5 Å². The Morgan fingerprint density at radius 1 is 1.09 bits per heavy atom. The molecule has 3 atom stereocenters. The van der Waals surface area contributed by atoms with Crippen LogP contribution in [-0.4, -0.2) is 74.1 Å². The zero-order valence-corrected chi connectivity index (χ0v) is 20.5. The van der Waals surface area contributed by atoms with Crippen LogP contribution in [0.3, 0.4) is 0 Å². The molecule has 2 aliphatic carbocycles. The van der Waals surface area contributed by atoms with E-state index in [0.717, 1.165) is 44.2 Å². The van der Waals surface area contributed by atoms with Gasteiger partial charge in [0.2, 0.25) is 5.91 Å². The molecule has 1 aliphatic heterocycles. The lowest BCUT2D eigenvalue weighted by Gasteiger charge is -2.46. The first-order valence-corrected chi connectivity index (χ1v) is 12.8. The lowest BCUT2D eigenvalue weighted by Crippen LogP contribution is -2.59. The quantitative estimate of drug-likeness (QED) is 0.519. The maximum atomic E-state index is 14.1. The van der Waals surface area contributed by atoms with E-state index in [1.54, 1.807) is 14.2 Å². The number of nitrogens with zero attached hydrogens (tertiary/aromatic N) is 2. The van der Waals surface area contributed by atoms with Gasteiger partial charge in [0.1, 0.15) is 17.5 Å². The number of likely N-dealkylation sites (tertiary alicyclic amines) is 1. The lowest BCUT2D eigenvalue weighted by molar-refractivity contribution is -0.144. The van der Waals surface area contributed by atoms with Gasteiger partial charge in [0.25, 0.3) is 6.43 Å². The highest BCUT2D eigenvalue weighted by atomic mass is 19.3. The van der Waals surface area contributed by atoms with Crippen molar-refractivity contribution in [2.75, 3.05) is 33.9 Å². The zero-order chi connectivity index (χ0) is 24.1. The minimum Gasteiger partial charge on any atom is -0.497 e. The maximum absolute atomic E-state index is 14.1. The molecule has 1 aromatic rings. The summed E-state index contributed by atoms with van der Waals surface area (Å²) in [5, 5.41) is 2.88. The largest absolute Gasteiger partial charge is 0.497 e. The molecular weight excluding hydrogens is 440 g/mol. The number of amides is 1. The maximum Gasteiger partial charge on any atom is 0.250 e. The molecular formula is C26H39F2N3O3. The second-order valence-corrected chi connectivity index (χ2v) is 9.93. The van der Waals surface area contributed by atoms with Gasteiger partial charge in [-0.1, -0.05) is 18.9 Å². The lowest BCUT2D eigenvalue weighted by atomic mass is 9.78. The smallest absolute Gasteiger partial charge is 0.250 e. The number of carbonyl (C=O) groups is 1. The Morgan fingerprint density at radius 2 is 1.85 bits per heavy atom. The van der Waals surface area contributed by atoms with Crippen LogP contribution in [0.4, 0.5) is 8.78 Å². The highest BCUT2D eigenvalue weighted by Gasteiger charge is 2.43. The van der Waals surface area contributed by atoms with E-state index in [2.05, 4.69) is 15.1 Å². The van der Waals surface area contributed by atoms with Crippen LogP contribution in [0, 0.1) is 5.92 Å². The summed E-state index contributed by atoms with van der Waals surface area (Å²) in [6, 6.07) is 5.82. The van der Waals surface area contributed by atoms with Crippen molar-refractivity contribution in [3.05, 3.63) is 23.8 Å². The number of alkyl halides is 2. The number of nitrogens with one attached hydrogen (secondary N) is 1. The second-order valence-electron chi connectivity index (χ2n) is 9.93. The van der Waals surface area contributed by atoms with E-state index in [9.17, 15) is 13.6 Å². The minimum atomic E-state index is -2.44. The van der Waals surface area contributed by atoms with Gasteiger partial charge in [-0.15, -0.1) is 0 Å². The van der Waals surface area contributed by atoms with Gasteiger partial charge in [-0.2, -0.15) is 0 Å². The molecule has 1 heterocycles. The molecule has 1 saturated heterocycles. The van der Waals surface area contributed by atoms with Crippen molar-refractivity contribution >= 4 is 5.91 Å². The fraction of sp³-hybridized carbons (Fsp3) is 0.731. The highest BCUT2D eigenvalue weighted by molar-refractivity contribution is 5.83. The number of rotatable bonds is 11. The summed E-state index contributed by atoms with van der Waals surface area (Å²) in [5.41, 5.74) is 0.969. The third kappa shape index (κ3) is 6.00. The zero-order valence-electron chi connectivity index (χ0n) is 20.5. The van der Waals surface area contributed by atoms with Crippen molar-refractivity contribution in [1.82, 2.24) is 15.1 Å². The van der Waals surface area contributed by atoms with Gasteiger partial charge in [0, 0.05) is 43.3 Å². The van der Waals surface area contributed by atoms with Crippen LogP contribution < -0.4 is 14.8 Å². The number of carbonyl (C=O) groups excluding carboxylic acids is 1. The molecule has 1 aromatic carbocycles. The number of halogens is 2. The number of piperidine rings is 1. The Kier molecular flexibility index (Phi) is 8.64. The van der Waals surface area contributed by atoms with E-state index in [-0.39, 0.29) is 18.5 Å². The minimum absolute atomic E-state index is 0.0951. The van der Waals surface area contributed by atoms with E-state index in [4.69, 9.17) is 9.47 Å². The van der Waals surface area contributed by atoms with Crippen molar-refractivity contribution in [1.29, 1.82) is 0 Å². The molecule has 0 aromatic heterocycles. The Labute approximate surface area is 202 Å². The number of benzene rings is 1. The van der Waals surface area contributed by atoms with Crippen LogP contribution in [-0.2, 0) is 11.3 Å². The molecule has 0 radical (unpaired) electrons. The predicted molar refractivity (Wildman–Crippen MR) is 127 cm³/mol. The van der Waals surface area contributed by atoms with Gasteiger partial charge >= 0.3 is 0 Å². The first-order valence-electron chi connectivity index (χ1n) is 12.8. The van der Waals surface area contributed by atoms with Crippen molar-refractivity contribution in [2.24, 2.45) is 5.92 Å². The van der Waals surface area contributed by atoms with Gasteiger partial charge in [-0.05, 0) is 50.5 Å². The molecule has 1 N–H and O–H groups in total. The van der Waals surface area contributed by atoms with E-state index in [1.165, 1.54) is 19.3 Å². The molecule has 3 fully saturated rings. The highest BCUT2D eigenvalue weighted by Crippen LogP contribution is 2.38. The normalized spacial score (nSPS) is 23.6. The number of hydrogen-bond acceptors (Lipinski definition) is 5. The SMILES string of the molecule is COc1ccc(CN(C2CC2)[C@H](CNCC(F)F)C(=O)N2CCC[C@H]3CCCC[C@@H]32)c(OC)c1. The summed E-state index contributed by atoms with van der Waals surface area (Å²) in [5.74, 6) is 2.10. The van der Waals surface area contributed by atoms with Gasteiger partial charge in [0.15, 0.2) is 0 Å². The molecule has 3 aliphatic rings. The Bertz CT molecular complexity index is 818. The average molecular weight is 480 g/mol. The summed E-state index contributed by atoms with van der Waals surface area (Å²) in [6.45, 7) is 1.13. The van der Waals surface area contributed by atoms with Crippen molar-refractivity contribution < 1.29 is 23.0 Å². The molecule has 0 bridgehead atoms. The van der Waals surface area contributed by atoms with Crippen molar-refractivity contribution in [2.45, 2.75) is 82.5 Å². The van der Waals surface area contributed by atoms with Gasteiger partial charge in [0.05, 0.1) is 20.8 Å². The summed E-state index contributed by atoms with van der Waals surface area (Å²) in [4.78, 5) is 18.4. The number of fused-ring (bicyclic) bond motifs is 1. The fourth-order valence-corrected chi connectivity index (χ4v) is 5.84. The van der Waals surface area contributed by atoms with Crippen LogP contribution >= 0.6 is 0 Å². The Balaban J connectivity index is 1.58. The molecule has 8 heteroatoms. The molecule has 6 nitrogen and oxygen atoms in total. The van der Waals surface area contributed by atoms with E-state index in [0.29, 0.717) is 30.0 Å². The third-order valence-electron chi connectivity index (χ3n) is 7.71. The second kappa shape index (κ2) is 11.7. The van der Waals surface area contributed by atoms with Gasteiger partial charge < -0.3 is 19.7 Å². The number of ether oxygens (including phenoxy) is 2. The van der Waals surface area contributed by atoms with Crippen molar-refractivity contribution in [3.63, 3.8) is 0 Å². The molecule has 2 saturated carbocycles. The topological polar surface area (TPSA) is 54.0 Å². The first-order chi connectivity index (χ1) is 16.5. The summed E-state index contributed by atoms with van der Waals surface area (Å²) in [7, 11) is 3.25. The van der Waals surface area contributed by atoms with Gasteiger partial charge in [-0.25, -0.2) is 8.78 Å². The summed E-state index contributed by atoms with van der Waals surface area (Å²) >= 11 is 0. The van der Waals surface area contributed by atoms with Crippen LogP contribution in [0.15, 0.2) is 18.2 Å². The fourth-order valence-electron chi connectivity index (χ4n) is 5.84. The summed E-state index contributed by atoms with van der Waals surface area (Å²) < 4.78 is 36.8. The monoisotopic (exact) mass is 479 g/mol. The Hall–Kier alpha value is -1.93. The van der Waals surface area contributed by atoms with E-state index < -0.39 is 19.0 Å². The number of methoxy groups -OCH3 is 2.